The van der Waals surface area contributed by atoms with E-state index in [4.69, 9.17) is 15.2 Å². The van der Waals surface area contributed by atoms with E-state index in [-0.39, 0.29) is 40.7 Å². The molecule has 0 bridgehead atoms. The standard InChI is InChI=1S/C19H20O4.C4H11N.BrH/c1-14(20)13-22-17-10-6-7-11-18(17)23-19(15(2)21)12-16-8-4-3-5-9-16;1-4(2,3)5;/h3-12,14,20H,13H2,1-2H3;5H2,1-3H3;1H. The van der Waals surface area contributed by atoms with Crippen LogP contribution >= 0.6 is 17.0 Å². The fourth-order valence-corrected chi connectivity index (χ4v) is 1.89. The van der Waals surface area contributed by atoms with Crippen LogP contribution in [-0.4, -0.2) is 29.1 Å². The van der Waals surface area contributed by atoms with Crippen LogP contribution in [0.15, 0.2) is 60.4 Å². The number of aliphatic hydroxyl groups is 1. The fraction of sp³-hybridized carbons (Fsp3) is 0.348. The number of ether oxygens (including phenoxy) is 2. The minimum absolute atomic E-state index is 0. The first-order valence-corrected chi connectivity index (χ1v) is 9.20. The van der Waals surface area contributed by atoms with Gasteiger partial charge in [-0.05, 0) is 51.5 Å². The van der Waals surface area contributed by atoms with Crippen LogP contribution in [0, 0.1) is 0 Å². The summed E-state index contributed by atoms with van der Waals surface area (Å²) in [4.78, 5) is 11.9. The second kappa shape index (κ2) is 13.1. The highest BCUT2D eigenvalue weighted by atomic mass is 79.9. The molecule has 0 fully saturated rings. The normalized spacial score (nSPS) is 12.0. The van der Waals surface area contributed by atoms with Crippen LogP contribution in [-0.2, 0) is 4.79 Å². The minimum atomic E-state index is -0.588. The summed E-state index contributed by atoms with van der Waals surface area (Å²) >= 11 is 0. The lowest BCUT2D eigenvalue weighted by atomic mass is 10.1. The number of allylic oxidation sites excluding steroid dienone is 1. The van der Waals surface area contributed by atoms with Gasteiger partial charge >= 0.3 is 0 Å². The molecule has 0 heterocycles. The Kier molecular flexibility index (Phi) is 12.2. The van der Waals surface area contributed by atoms with E-state index in [0.717, 1.165) is 5.56 Å². The van der Waals surface area contributed by atoms with Crippen molar-refractivity contribution in [1.82, 2.24) is 0 Å². The number of hydrogen-bond donors (Lipinski definition) is 2. The topological polar surface area (TPSA) is 81.8 Å². The van der Waals surface area contributed by atoms with Gasteiger partial charge in [0.2, 0.25) is 0 Å². The SMILES string of the molecule is Br.CC(=O)C(=Cc1ccccc1)Oc1ccccc1OCC(C)O.CC(C)(C)N. The number of aliphatic hydroxyl groups excluding tert-OH is 1. The average Bonchev–Trinajstić information content (AvgIpc) is 2.59. The Balaban J connectivity index is 0.00000117. The summed E-state index contributed by atoms with van der Waals surface area (Å²) in [5.74, 6) is 0.961. The Morgan fingerprint density at radius 1 is 1.07 bits per heavy atom. The highest BCUT2D eigenvalue weighted by Gasteiger charge is 2.12. The summed E-state index contributed by atoms with van der Waals surface area (Å²) < 4.78 is 11.3. The molecule has 0 aromatic heterocycles. The van der Waals surface area contributed by atoms with Gasteiger partial charge < -0.3 is 20.3 Å². The first kappa shape index (κ1) is 26.9. The van der Waals surface area contributed by atoms with Gasteiger partial charge in [-0.3, -0.25) is 4.79 Å². The number of nitrogens with two attached hydrogens (primary N) is 1. The Morgan fingerprint density at radius 3 is 2.03 bits per heavy atom. The number of benzene rings is 2. The third-order valence-corrected chi connectivity index (χ3v) is 2.99. The van der Waals surface area contributed by atoms with E-state index in [0.29, 0.717) is 11.5 Å². The second-order valence-electron chi connectivity index (χ2n) is 7.55. The van der Waals surface area contributed by atoms with Gasteiger partial charge in [0.15, 0.2) is 23.0 Å². The maximum absolute atomic E-state index is 11.9. The fourth-order valence-electron chi connectivity index (χ4n) is 1.89. The molecule has 0 amide bonds. The predicted molar refractivity (Wildman–Crippen MR) is 124 cm³/mol. The molecular formula is C23H32BrNO4. The summed E-state index contributed by atoms with van der Waals surface area (Å²) in [5.41, 5.74) is 6.23. The first-order chi connectivity index (χ1) is 13.1. The number of carbonyl (C=O) groups excluding carboxylic acids is 1. The van der Waals surface area contributed by atoms with Crippen LogP contribution in [0.5, 0.6) is 11.5 Å². The molecule has 2 rings (SSSR count). The number of halogens is 1. The summed E-state index contributed by atoms with van der Waals surface area (Å²) in [6.07, 6.45) is 1.10. The van der Waals surface area contributed by atoms with Gasteiger partial charge in [0, 0.05) is 12.5 Å². The van der Waals surface area contributed by atoms with E-state index >= 15 is 0 Å². The van der Waals surface area contributed by atoms with Gasteiger partial charge in [-0.25, -0.2) is 0 Å². The van der Waals surface area contributed by atoms with E-state index < -0.39 is 6.10 Å². The van der Waals surface area contributed by atoms with Crippen molar-refractivity contribution in [3.05, 3.63) is 65.9 Å². The molecule has 0 aliphatic rings. The zero-order chi connectivity index (χ0) is 21.2. The molecule has 0 saturated carbocycles. The largest absolute Gasteiger partial charge is 0.487 e. The second-order valence-corrected chi connectivity index (χ2v) is 7.55. The lowest BCUT2D eigenvalue weighted by molar-refractivity contribution is -0.115. The van der Waals surface area contributed by atoms with Crippen LogP contribution in [0.1, 0.15) is 40.2 Å². The van der Waals surface area contributed by atoms with Crippen LogP contribution in [0.3, 0.4) is 0 Å². The molecule has 1 unspecified atom stereocenters. The number of ketones is 1. The Hall–Kier alpha value is -2.15. The van der Waals surface area contributed by atoms with Crippen molar-refractivity contribution >= 4 is 28.8 Å². The maximum Gasteiger partial charge on any atom is 0.194 e. The van der Waals surface area contributed by atoms with E-state index in [1.54, 1.807) is 37.3 Å². The molecule has 5 nitrogen and oxygen atoms in total. The van der Waals surface area contributed by atoms with Gasteiger partial charge in [0.1, 0.15) is 6.61 Å². The predicted octanol–water partition coefficient (Wildman–Crippen LogP) is 4.78. The molecule has 3 N–H and O–H groups in total. The molecule has 2 aromatic carbocycles. The Morgan fingerprint density at radius 2 is 1.55 bits per heavy atom. The van der Waals surface area contributed by atoms with Crippen molar-refractivity contribution in [3.63, 3.8) is 0 Å². The molecule has 29 heavy (non-hydrogen) atoms. The van der Waals surface area contributed by atoms with E-state index in [1.807, 2.05) is 51.1 Å². The highest BCUT2D eigenvalue weighted by molar-refractivity contribution is 8.93. The molecule has 2 aromatic rings. The van der Waals surface area contributed by atoms with Gasteiger partial charge in [0.05, 0.1) is 6.10 Å². The van der Waals surface area contributed by atoms with Crippen LogP contribution in [0.2, 0.25) is 0 Å². The Labute approximate surface area is 184 Å². The summed E-state index contributed by atoms with van der Waals surface area (Å²) in [5, 5.41) is 9.34. The summed E-state index contributed by atoms with van der Waals surface area (Å²) in [7, 11) is 0. The van der Waals surface area contributed by atoms with Gasteiger partial charge in [-0.1, -0.05) is 42.5 Å². The van der Waals surface area contributed by atoms with E-state index in [9.17, 15) is 9.90 Å². The van der Waals surface area contributed by atoms with Crippen molar-refractivity contribution in [2.45, 2.75) is 46.3 Å². The highest BCUT2D eigenvalue weighted by Crippen LogP contribution is 2.29. The third kappa shape index (κ3) is 12.8. The monoisotopic (exact) mass is 465 g/mol. The number of rotatable bonds is 7. The van der Waals surface area contributed by atoms with Crippen molar-refractivity contribution < 1.29 is 19.4 Å². The first-order valence-electron chi connectivity index (χ1n) is 9.20. The smallest absolute Gasteiger partial charge is 0.194 e. The van der Waals surface area contributed by atoms with Gasteiger partial charge in [0.25, 0.3) is 0 Å². The van der Waals surface area contributed by atoms with Crippen LogP contribution in [0.25, 0.3) is 6.08 Å². The van der Waals surface area contributed by atoms with Crippen molar-refractivity contribution in [3.8, 4) is 11.5 Å². The molecule has 0 radical (unpaired) electrons. The number of carbonyl (C=O) groups is 1. The van der Waals surface area contributed by atoms with Gasteiger partial charge in [-0.2, -0.15) is 0 Å². The minimum Gasteiger partial charge on any atom is -0.487 e. The van der Waals surface area contributed by atoms with Crippen molar-refractivity contribution in [2.75, 3.05) is 6.61 Å². The Bertz CT molecular complexity index is 762. The molecule has 0 spiro atoms. The van der Waals surface area contributed by atoms with E-state index in [1.165, 1.54) is 6.92 Å². The molecule has 1 atom stereocenters. The number of para-hydroxylation sites is 2. The summed E-state index contributed by atoms with van der Waals surface area (Å²) in [6, 6.07) is 16.5. The van der Waals surface area contributed by atoms with Crippen LogP contribution in [0.4, 0.5) is 0 Å². The molecule has 0 aliphatic carbocycles. The molecule has 6 heteroatoms. The quantitative estimate of drug-likeness (QED) is 0.454. The summed E-state index contributed by atoms with van der Waals surface area (Å²) in [6.45, 7) is 9.14. The van der Waals surface area contributed by atoms with Crippen LogP contribution < -0.4 is 15.2 Å². The third-order valence-electron chi connectivity index (χ3n) is 2.99. The number of Topliss-reactive ketones (excluding diaryl/α,β-unsaturated/α-hetero) is 1. The van der Waals surface area contributed by atoms with Crippen molar-refractivity contribution in [2.24, 2.45) is 5.73 Å². The zero-order valence-electron chi connectivity index (χ0n) is 17.7. The molecule has 0 aliphatic heterocycles. The number of hydrogen-bond acceptors (Lipinski definition) is 5. The lowest BCUT2D eigenvalue weighted by Crippen LogP contribution is -2.26. The molecular weight excluding hydrogens is 434 g/mol. The average molecular weight is 466 g/mol. The lowest BCUT2D eigenvalue weighted by Gasteiger charge is -2.14. The zero-order valence-corrected chi connectivity index (χ0v) is 19.4. The molecule has 0 saturated heterocycles. The van der Waals surface area contributed by atoms with E-state index in [2.05, 4.69) is 0 Å². The maximum atomic E-state index is 11.9. The molecule has 160 valence electrons. The van der Waals surface area contributed by atoms with Gasteiger partial charge in [-0.15, -0.1) is 17.0 Å². The van der Waals surface area contributed by atoms with Crippen molar-refractivity contribution in [1.29, 1.82) is 0 Å².